The van der Waals surface area contributed by atoms with Crippen molar-refractivity contribution in [1.29, 1.82) is 0 Å². The Morgan fingerprint density at radius 2 is 1.62 bits per heavy atom. The molecule has 0 spiro atoms. The summed E-state index contributed by atoms with van der Waals surface area (Å²) in [7, 11) is 0. The smallest absolute Gasteiger partial charge is 0.225 e. The number of anilines is 4. The van der Waals surface area contributed by atoms with Gasteiger partial charge in [0.05, 0.1) is 6.04 Å². The minimum atomic E-state index is 0.134. The molecular formula is C24H29N5. The van der Waals surface area contributed by atoms with Crippen LogP contribution in [0.3, 0.4) is 0 Å². The zero-order valence-corrected chi connectivity index (χ0v) is 17.2. The summed E-state index contributed by atoms with van der Waals surface area (Å²) in [4.78, 5) is 11.7. The van der Waals surface area contributed by atoms with Crippen molar-refractivity contribution in [2.45, 2.75) is 39.2 Å². The molecule has 0 saturated carbocycles. The molecule has 150 valence electrons. The van der Waals surface area contributed by atoms with E-state index in [0.29, 0.717) is 5.95 Å². The fraction of sp³-hybridized carbons (Fsp3) is 0.333. The average molecular weight is 388 g/mol. The first kappa shape index (κ1) is 19.2. The minimum absolute atomic E-state index is 0.134. The molecule has 0 amide bonds. The molecule has 2 aromatic carbocycles. The predicted octanol–water partition coefficient (Wildman–Crippen LogP) is 5.69. The van der Waals surface area contributed by atoms with Crippen LogP contribution in [0.4, 0.5) is 23.1 Å². The molecule has 1 aromatic heterocycles. The molecule has 1 saturated heterocycles. The molecule has 1 fully saturated rings. The van der Waals surface area contributed by atoms with E-state index in [0.717, 1.165) is 30.3 Å². The molecule has 2 N–H and O–H groups in total. The number of piperidine rings is 1. The van der Waals surface area contributed by atoms with E-state index < -0.39 is 0 Å². The average Bonchev–Trinajstić information content (AvgIpc) is 2.75. The summed E-state index contributed by atoms with van der Waals surface area (Å²) in [5.41, 5.74) is 4.47. The van der Waals surface area contributed by atoms with Gasteiger partial charge in [0, 0.05) is 36.2 Å². The largest absolute Gasteiger partial charge is 0.372 e. The zero-order valence-electron chi connectivity index (χ0n) is 17.2. The Bertz CT molecular complexity index is 918. The van der Waals surface area contributed by atoms with E-state index in [9.17, 15) is 0 Å². The maximum atomic E-state index is 4.66. The van der Waals surface area contributed by atoms with Crippen LogP contribution in [0.1, 0.15) is 43.5 Å². The number of aromatic nitrogens is 2. The number of rotatable bonds is 6. The summed E-state index contributed by atoms with van der Waals surface area (Å²) >= 11 is 0. The summed E-state index contributed by atoms with van der Waals surface area (Å²) in [5, 5.41) is 6.83. The monoisotopic (exact) mass is 387 g/mol. The fourth-order valence-electron chi connectivity index (χ4n) is 3.77. The first-order valence-electron chi connectivity index (χ1n) is 10.5. The quantitative estimate of drug-likeness (QED) is 0.569. The fourth-order valence-corrected chi connectivity index (χ4v) is 3.77. The van der Waals surface area contributed by atoms with E-state index in [4.69, 9.17) is 0 Å². The van der Waals surface area contributed by atoms with Crippen LogP contribution in [0.5, 0.6) is 0 Å². The van der Waals surface area contributed by atoms with Crippen molar-refractivity contribution >= 4 is 23.1 Å². The van der Waals surface area contributed by atoms with E-state index in [1.807, 2.05) is 31.2 Å². The molecule has 5 nitrogen and oxygen atoms in total. The lowest BCUT2D eigenvalue weighted by Crippen LogP contribution is -2.29. The first-order chi connectivity index (χ1) is 14.2. The molecule has 1 aliphatic heterocycles. The summed E-state index contributed by atoms with van der Waals surface area (Å²) in [6.07, 6.45) is 3.93. The van der Waals surface area contributed by atoms with Crippen molar-refractivity contribution in [3.05, 3.63) is 71.9 Å². The van der Waals surface area contributed by atoms with Crippen LogP contribution >= 0.6 is 0 Å². The van der Waals surface area contributed by atoms with Crippen LogP contribution in [0.15, 0.2) is 60.7 Å². The Morgan fingerprint density at radius 3 is 2.34 bits per heavy atom. The summed E-state index contributed by atoms with van der Waals surface area (Å²) in [6, 6.07) is 21.1. The van der Waals surface area contributed by atoms with Gasteiger partial charge in [0.1, 0.15) is 5.82 Å². The van der Waals surface area contributed by atoms with Gasteiger partial charge >= 0.3 is 0 Å². The van der Waals surface area contributed by atoms with Gasteiger partial charge in [-0.25, -0.2) is 4.98 Å². The third-order valence-corrected chi connectivity index (χ3v) is 5.36. The van der Waals surface area contributed by atoms with Crippen LogP contribution in [-0.2, 0) is 0 Å². The molecule has 5 heteroatoms. The summed E-state index contributed by atoms with van der Waals surface area (Å²) in [6.45, 7) is 6.43. The van der Waals surface area contributed by atoms with Crippen LogP contribution in [0, 0.1) is 6.92 Å². The number of hydrogen-bond acceptors (Lipinski definition) is 5. The second-order valence-corrected chi connectivity index (χ2v) is 7.71. The molecular weight excluding hydrogens is 358 g/mol. The lowest BCUT2D eigenvalue weighted by molar-refractivity contribution is 0.578. The number of nitrogens with zero attached hydrogens (tertiary/aromatic N) is 3. The molecule has 2 heterocycles. The second-order valence-electron chi connectivity index (χ2n) is 7.71. The van der Waals surface area contributed by atoms with Crippen LogP contribution in [0.25, 0.3) is 0 Å². The highest BCUT2D eigenvalue weighted by Crippen LogP contribution is 2.24. The van der Waals surface area contributed by atoms with E-state index in [1.54, 1.807) is 0 Å². The molecule has 1 unspecified atom stereocenters. The van der Waals surface area contributed by atoms with Crippen LogP contribution in [0.2, 0.25) is 0 Å². The second kappa shape index (κ2) is 8.95. The van der Waals surface area contributed by atoms with Crippen molar-refractivity contribution in [3.8, 4) is 0 Å². The Balaban J connectivity index is 1.44. The lowest BCUT2D eigenvalue weighted by atomic mass is 10.1. The molecule has 0 aliphatic carbocycles. The van der Waals surface area contributed by atoms with Gasteiger partial charge in [-0.05, 0) is 62.9 Å². The Labute approximate surface area is 173 Å². The van der Waals surface area contributed by atoms with E-state index in [1.165, 1.54) is 30.5 Å². The standard InChI is InChI=1S/C24H29N5/c1-18-17-23(28-24(25-18)26-19(2)20-9-5-3-6-10-20)27-21-11-13-22(14-12-21)29-15-7-4-8-16-29/h3,5-6,9-14,17,19H,4,7-8,15-16H2,1-2H3,(H2,25,26,27,28). The SMILES string of the molecule is Cc1cc(Nc2ccc(N3CCCCC3)cc2)nc(NC(C)c2ccccc2)n1. The number of hydrogen-bond donors (Lipinski definition) is 2. The molecule has 0 bridgehead atoms. The highest BCUT2D eigenvalue weighted by atomic mass is 15.2. The summed E-state index contributed by atoms with van der Waals surface area (Å²) in [5.74, 6) is 1.43. The van der Waals surface area contributed by atoms with Gasteiger partial charge in [-0.3, -0.25) is 0 Å². The summed E-state index contributed by atoms with van der Waals surface area (Å²) < 4.78 is 0. The highest BCUT2D eigenvalue weighted by molar-refractivity contribution is 5.61. The molecule has 29 heavy (non-hydrogen) atoms. The van der Waals surface area contributed by atoms with Crippen molar-refractivity contribution in [3.63, 3.8) is 0 Å². The first-order valence-corrected chi connectivity index (χ1v) is 10.5. The lowest BCUT2D eigenvalue weighted by Gasteiger charge is -2.28. The third-order valence-electron chi connectivity index (χ3n) is 5.36. The van der Waals surface area contributed by atoms with Crippen molar-refractivity contribution in [2.75, 3.05) is 28.6 Å². The van der Waals surface area contributed by atoms with E-state index in [2.05, 4.69) is 68.8 Å². The molecule has 0 radical (unpaired) electrons. The zero-order chi connectivity index (χ0) is 20.1. The van der Waals surface area contributed by atoms with Gasteiger partial charge in [-0.1, -0.05) is 30.3 Å². The Morgan fingerprint density at radius 1 is 0.897 bits per heavy atom. The van der Waals surface area contributed by atoms with Gasteiger partial charge in [0.25, 0.3) is 0 Å². The molecule has 1 aliphatic rings. The van der Waals surface area contributed by atoms with Gasteiger partial charge in [0.2, 0.25) is 5.95 Å². The maximum Gasteiger partial charge on any atom is 0.225 e. The third kappa shape index (κ3) is 5.05. The van der Waals surface area contributed by atoms with E-state index >= 15 is 0 Å². The number of benzene rings is 2. The van der Waals surface area contributed by atoms with Crippen molar-refractivity contribution < 1.29 is 0 Å². The highest BCUT2D eigenvalue weighted by Gasteiger charge is 2.11. The minimum Gasteiger partial charge on any atom is -0.372 e. The van der Waals surface area contributed by atoms with Crippen LogP contribution in [-0.4, -0.2) is 23.1 Å². The van der Waals surface area contributed by atoms with Gasteiger partial charge in [-0.15, -0.1) is 0 Å². The van der Waals surface area contributed by atoms with Crippen LogP contribution < -0.4 is 15.5 Å². The van der Waals surface area contributed by atoms with Gasteiger partial charge < -0.3 is 15.5 Å². The maximum absolute atomic E-state index is 4.66. The topological polar surface area (TPSA) is 53.1 Å². The molecule has 1 atom stereocenters. The number of aryl methyl sites for hydroxylation is 1. The van der Waals surface area contributed by atoms with Crippen molar-refractivity contribution in [1.82, 2.24) is 9.97 Å². The molecule has 3 aromatic rings. The Hall–Kier alpha value is -3.08. The number of nitrogens with one attached hydrogen (secondary N) is 2. The normalized spacial score (nSPS) is 15.0. The van der Waals surface area contributed by atoms with Gasteiger partial charge in [0.15, 0.2) is 0 Å². The Kier molecular flexibility index (Phi) is 5.94. The molecule has 4 rings (SSSR count). The van der Waals surface area contributed by atoms with Crippen molar-refractivity contribution in [2.24, 2.45) is 0 Å². The predicted molar refractivity (Wildman–Crippen MR) is 121 cm³/mol. The van der Waals surface area contributed by atoms with E-state index in [-0.39, 0.29) is 6.04 Å². The van der Waals surface area contributed by atoms with Gasteiger partial charge in [-0.2, -0.15) is 4.98 Å².